The molecule has 2 heterocycles. The normalized spacial score (nSPS) is 18.1. The van der Waals surface area contributed by atoms with E-state index in [1.54, 1.807) is 15.6 Å². The lowest BCUT2D eigenvalue weighted by atomic mass is 10.4. The molecule has 0 amide bonds. The van der Waals surface area contributed by atoms with Gasteiger partial charge in [0.25, 0.3) is 0 Å². The molecule has 0 unspecified atom stereocenters. The first-order chi connectivity index (χ1) is 8.55. The van der Waals surface area contributed by atoms with Gasteiger partial charge < -0.3 is 5.32 Å². The zero-order valence-electron chi connectivity index (χ0n) is 10.6. The largest absolute Gasteiger partial charge is 0.315 e. The second kappa shape index (κ2) is 5.92. The van der Waals surface area contributed by atoms with Crippen LogP contribution < -0.4 is 5.32 Å². The topological polar surface area (TPSA) is 49.4 Å². The van der Waals surface area contributed by atoms with Gasteiger partial charge in [0.2, 0.25) is 10.0 Å². The lowest BCUT2D eigenvalue weighted by Crippen LogP contribution is -2.37. The van der Waals surface area contributed by atoms with Crippen molar-refractivity contribution >= 4 is 33.1 Å². The van der Waals surface area contributed by atoms with E-state index in [0.717, 1.165) is 27.8 Å². The van der Waals surface area contributed by atoms with Gasteiger partial charge in [-0.2, -0.15) is 16.1 Å². The van der Waals surface area contributed by atoms with E-state index in [4.69, 9.17) is 0 Å². The van der Waals surface area contributed by atoms with Gasteiger partial charge in [0, 0.05) is 40.9 Å². The van der Waals surface area contributed by atoms with Crippen molar-refractivity contribution < 1.29 is 8.42 Å². The van der Waals surface area contributed by atoms with Crippen LogP contribution >= 0.6 is 23.1 Å². The van der Waals surface area contributed by atoms with Crippen molar-refractivity contribution in [2.45, 2.75) is 18.4 Å². The predicted octanol–water partition coefficient (Wildman–Crippen LogP) is 1.51. The van der Waals surface area contributed by atoms with Gasteiger partial charge in [0.05, 0.1) is 4.90 Å². The number of thioether (sulfide) groups is 1. The molecule has 1 N–H and O–H groups in total. The number of sulfonamides is 1. The highest BCUT2D eigenvalue weighted by Crippen LogP contribution is 2.29. The van der Waals surface area contributed by atoms with Crippen LogP contribution in [0.2, 0.25) is 0 Å². The summed E-state index contributed by atoms with van der Waals surface area (Å²) >= 11 is 3.37. The summed E-state index contributed by atoms with van der Waals surface area (Å²) in [6.07, 6.45) is 0. The summed E-state index contributed by atoms with van der Waals surface area (Å²) in [6, 6.07) is 1.81. The first kappa shape index (κ1) is 14.3. The highest BCUT2D eigenvalue weighted by Gasteiger charge is 2.28. The maximum absolute atomic E-state index is 12.5. The van der Waals surface area contributed by atoms with Gasteiger partial charge in [-0.1, -0.05) is 0 Å². The Kier molecular flexibility index (Phi) is 4.71. The molecular weight excluding hydrogens is 288 g/mol. The Labute approximate surface area is 117 Å². The minimum atomic E-state index is -3.29. The highest BCUT2D eigenvalue weighted by molar-refractivity contribution is 7.99. The number of hydrogen-bond donors (Lipinski definition) is 1. The zero-order chi connectivity index (χ0) is 13.2. The molecule has 0 bridgehead atoms. The van der Waals surface area contributed by atoms with Crippen LogP contribution in [0, 0.1) is 6.92 Å². The summed E-state index contributed by atoms with van der Waals surface area (Å²) in [6.45, 7) is 3.86. The van der Waals surface area contributed by atoms with E-state index >= 15 is 0 Å². The molecule has 0 atom stereocenters. The van der Waals surface area contributed by atoms with Gasteiger partial charge in [-0.15, -0.1) is 11.3 Å². The van der Waals surface area contributed by atoms with Crippen molar-refractivity contribution in [3.05, 3.63) is 15.8 Å². The van der Waals surface area contributed by atoms with Crippen molar-refractivity contribution in [3.63, 3.8) is 0 Å². The van der Waals surface area contributed by atoms with Crippen molar-refractivity contribution in [1.29, 1.82) is 0 Å². The van der Waals surface area contributed by atoms with Gasteiger partial charge in [-0.25, -0.2) is 8.42 Å². The van der Waals surface area contributed by atoms with Crippen LogP contribution in [0.15, 0.2) is 11.0 Å². The molecule has 102 valence electrons. The molecular formula is C11H18N2O2S3. The third-order valence-corrected chi connectivity index (χ3v) is 7.01. The molecule has 1 fully saturated rings. The fourth-order valence-electron chi connectivity index (χ4n) is 1.97. The molecule has 1 aliphatic heterocycles. The van der Waals surface area contributed by atoms with E-state index in [1.165, 1.54) is 0 Å². The molecule has 0 aliphatic carbocycles. The average molecular weight is 306 g/mol. The monoisotopic (exact) mass is 306 g/mol. The summed E-state index contributed by atoms with van der Waals surface area (Å²) in [7, 11) is -1.42. The van der Waals surface area contributed by atoms with Crippen LogP contribution in [0.3, 0.4) is 0 Å². The molecule has 1 saturated heterocycles. The summed E-state index contributed by atoms with van der Waals surface area (Å²) in [4.78, 5) is 2.45. The quantitative estimate of drug-likeness (QED) is 0.916. The Hall–Kier alpha value is -0.0800. The van der Waals surface area contributed by atoms with Gasteiger partial charge >= 0.3 is 0 Å². The van der Waals surface area contributed by atoms with Crippen LogP contribution in [-0.2, 0) is 16.6 Å². The number of rotatable bonds is 4. The van der Waals surface area contributed by atoms with Crippen molar-refractivity contribution in [2.24, 2.45) is 0 Å². The molecule has 1 aliphatic rings. The number of aryl methyl sites for hydroxylation is 1. The summed E-state index contributed by atoms with van der Waals surface area (Å²) in [5.74, 6) is 1.79. The fraction of sp³-hybridized carbons (Fsp3) is 0.636. The molecule has 0 aromatic carbocycles. The molecule has 0 radical (unpaired) electrons. The highest BCUT2D eigenvalue weighted by atomic mass is 32.2. The van der Waals surface area contributed by atoms with Crippen molar-refractivity contribution in [3.8, 4) is 0 Å². The Morgan fingerprint density at radius 2 is 2.06 bits per heavy atom. The smallest absolute Gasteiger partial charge is 0.244 e. The van der Waals surface area contributed by atoms with Crippen molar-refractivity contribution in [1.82, 2.24) is 9.62 Å². The van der Waals surface area contributed by atoms with E-state index in [2.05, 4.69) is 5.32 Å². The minimum Gasteiger partial charge on any atom is -0.315 e. The third-order valence-electron chi connectivity index (χ3n) is 2.86. The summed E-state index contributed by atoms with van der Waals surface area (Å²) < 4.78 is 26.7. The lowest BCUT2D eigenvalue weighted by Gasteiger charge is -2.25. The Bertz CT molecular complexity index is 504. The van der Waals surface area contributed by atoms with E-state index in [0.29, 0.717) is 18.0 Å². The summed E-state index contributed by atoms with van der Waals surface area (Å²) in [5.41, 5.74) is 0. The number of thiophene rings is 1. The van der Waals surface area contributed by atoms with Crippen LogP contribution in [0.25, 0.3) is 0 Å². The van der Waals surface area contributed by atoms with E-state index in [-0.39, 0.29) is 0 Å². The van der Waals surface area contributed by atoms with Gasteiger partial charge in [0.15, 0.2) is 0 Å². The SMILES string of the molecule is CNCc1cc(S(=O)(=O)N2CCSCC2)c(C)s1. The minimum absolute atomic E-state index is 0.490. The van der Waals surface area contributed by atoms with Crippen LogP contribution in [0.1, 0.15) is 9.75 Å². The van der Waals surface area contributed by atoms with E-state index < -0.39 is 10.0 Å². The van der Waals surface area contributed by atoms with Crippen LogP contribution in [0.5, 0.6) is 0 Å². The van der Waals surface area contributed by atoms with Gasteiger partial charge in [-0.3, -0.25) is 0 Å². The first-order valence-corrected chi connectivity index (χ1v) is 9.28. The van der Waals surface area contributed by atoms with E-state index in [9.17, 15) is 8.42 Å². The van der Waals surface area contributed by atoms with Gasteiger partial charge in [0.1, 0.15) is 0 Å². The summed E-state index contributed by atoms with van der Waals surface area (Å²) in [5, 5.41) is 3.05. The number of hydrogen-bond acceptors (Lipinski definition) is 5. The molecule has 0 saturated carbocycles. The number of nitrogens with zero attached hydrogens (tertiary/aromatic N) is 1. The first-order valence-electron chi connectivity index (χ1n) is 5.87. The Balaban J connectivity index is 2.28. The lowest BCUT2D eigenvalue weighted by molar-refractivity contribution is 0.443. The molecule has 7 heteroatoms. The average Bonchev–Trinajstić information content (AvgIpc) is 2.73. The second-order valence-electron chi connectivity index (χ2n) is 4.18. The Morgan fingerprint density at radius 1 is 1.39 bits per heavy atom. The second-order valence-corrected chi connectivity index (χ2v) is 8.65. The molecule has 1 aromatic heterocycles. The predicted molar refractivity (Wildman–Crippen MR) is 77.9 cm³/mol. The van der Waals surface area contributed by atoms with E-state index in [1.807, 2.05) is 31.8 Å². The number of nitrogens with one attached hydrogen (secondary N) is 1. The molecule has 4 nitrogen and oxygen atoms in total. The Morgan fingerprint density at radius 3 is 2.67 bits per heavy atom. The maximum Gasteiger partial charge on any atom is 0.244 e. The molecule has 2 rings (SSSR count). The van der Waals surface area contributed by atoms with Gasteiger partial charge in [-0.05, 0) is 20.0 Å². The molecule has 0 spiro atoms. The standard InChI is InChI=1S/C11H18N2O2S3/c1-9-11(7-10(17-9)8-12-2)18(14,15)13-3-5-16-6-4-13/h7,12H,3-6,8H2,1-2H3. The fourth-order valence-corrected chi connectivity index (χ4v) is 6.16. The molecule has 1 aromatic rings. The zero-order valence-corrected chi connectivity index (χ0v) is 13.1. The maximum atomic E-state index is 12.5. The third kappa shape index (κ3) is 2.91. The van der Waals surface area contributed by atoms with Crippen LogP contribution in [0.4, 0.5) is 0 Å². The molecule has 18 heavy (non-hydrogen) atoms. The van der Waals surface area contributed by atoms with Crippen molar-refractivity contribution in [2.75, 3.05) is 31.6 Å². The van der Waals surface area contributed by atoms with Crippen LogP contribution in [-0.4, -0.2) is 44.4 Å².